The number of carbonyl (C=O) groups excluding carboxylic acids is 8. The minimum Gasteiger partial charge on any atom is -0.459 e. The number of benzene rings is 8. The van der Waals surface area contributed by atoms with E-state index in [0.29, 0.717) is 22.3 Å². The van der Waals surface area contributed by atoms with Crippen molar-refractivity contribution in [1.29, 1.82) is 0 Å². The van der Waals surface area contributed by atoms with Crippen LogP contribution in [0.15, 0.2) is 199 Å². The van der Waals surface area contributed by atoms with Crippen molar-refractivity contribution in [3.63, 3.8) is 0 Å². The molecule has 0 fully saturated rings. The Hall–Kier alpha value is -10.9. The van der Waals surface area contributed by atoms with Gasteiger partial charge in [-0.05, 0) is 122 Å². The van der Waals surface area contributed by atoms with E-state index in [-0.39, 0.29) is 114 Å². The van der Waals surface area contributed by atoms with E-state index in [4.69, 9.17) is 18.9 Å². The average molecular weight is 1290 g/mol. The van der Waals surface area contributed by atoms with E-state index in [2.05, 4.69) is 0 Å². The number of hydrogen-bond acceptors (Lipinski definition) is 15. The van der Waals surface area contributed by atoms with Crippen molar-refractivity contribution in [1.82, 2.24) is 0 Å². The first-order valence-corrected chi connectivity index (χ1v) is 31.3. The van der Waals surface area contributed by atoms with E-state index in [1.54, 1.807) is 121 Å². The van der Waals surface area contributed by atoms with Gasteiger partial charge in [0, 0.05) is 48.7 Å². The molecule has 0 aliphatic heterocycles. The second-order valence-electron chi connectivity index (χ2n) is 22.5. The Morgan fingerprint density at radius 1 is 0.387 bits per heavy atom. The fraction of sp³-hybridized carbons (Fsp3) is 0.0811. The van der Waals surface area contributed by atoms with Crippen molar-refractivity contribution in [2.75, 3.05) is 0 Å². The molecule has 0 atom stereocenters. The van der Waals surface area contributed by atoms with Gasteiger partial charge in [0.25, 0.3) is 0 Å². The van der Waals surface area contributed by atoms with Gasteiger partial charge in [-0.2, -0.15) is 0 Å². The Bertz CT molecular complexity index is 5020. The lowest BCUT2D eigenvalue weighted by atomic mass is 9.76. The molecule has 11 aromatic rings. The van der Waals surface area contributed by atoms with E-state index in [0.717, 1.165) is 64.4 Å². The van der Waals surface area contributed by atoms with Gasteiger partial charge in [0.15, 0.2) is 46.4 Å². The van der Waals surface area contributed by atoms with Crippen molar-refractivity contribution in [2.45, 2.75) is 37.3 Å². The van der Waals surface area contributed by atoms with E-state index in [1.165, 1.54) is 42.5 Å². The van der Waals surface area contributed by atoms with Gasteiger partial charge >= 0.3 is 23.9 Å². The molecule has 0 N–H and O–H groups in total. The molecule has 4 aliphatic rings. The van der Waals surface area contributed by atoms with Crippen LogP contribution in [0.1, 0.15) is 90.1 Å². The van der Waals surface area contributed by atoms with Crippen LogP contribution >= 0.6 is 34.0 Å². The number of esters is 4. The smallest absolute Gasteiger partial charge is 0.333 e. The molecular formula is C74H40F4O12S3. The molecule has 15 rings (SSSR count). The summed E-state index contributed by atoms with van der Waals surface area (Å²) in [5.41, 5.74) is -4.57. The summed E-state index contributed by atoms with van der Waals surface area (Å²) in [6.45, 7) is -1.47. The average Bonchev–Trinajstić information content (AvgIpc) is 1.50. The van der Waals surface area contributed by atoms with Gasteiger partial charge in [0.05, 0.1) is 30.3 Å². The molecule has 0 saturated heterocycles. The molecule has 0 unspecified atom stereocenters. The van der Waals surface area contributed by atoms with Crippen LogP contribution in [-0.4, -0.2) is 47.0 Å². The van der Waals surface area contributed by atoms with E-state index in [1.807, 2.05) is 0 Å². The largest absolute Gasteiger partial charge is 0.459 e. The molecule has 0 radical (unpaired) electrons. The van der Waals surface area contributed by atoms with Gasteiger partial charge in [0.1, 0.15) is 26.4 Å². The fourth-order valence-electron chi connectivity index (χ4n) is 12.6. The molecule has 454 valence electrons. The van der Waals surface area contributed by atoms with Crippen molar-refractivity contribution < 1.29 is 74.9 Å². The molecule has 3 aromatic heterocycles. The summed E-state index contributed by atoms with van der Waals surface area (Å²) < 4.78 is 83.5. The predicted octanol–water partition coefficient (Wildman–Crippen LogP) is 15.2. The molecule has 12 nitrogen and oxygen atoms in total. The standard InChI is InChI=1S/C74H40F4O12S3/c75-54-25-41-21-47-48(22-42(41)26-55(54)76)62(80)51(61(47)79)29-45-30-58-59(73(45,69(83)87-33-37-13-5-1-6-14-37)70(84)88-34-38-15-7-2-8-16-38)66-68(92-58)60-67(93-66)65-53(74(60,71(85)89-35-39-17-9-3-10-18-39)72(86)90-36-40-19-11-4-12-20-40)32-46(91-65)31-52-63(81)49-23-43-27-56(77)57(78)28-44(43)24-50(49)64(52)82/h1-32H,33-36H2. The van der Waals surface area contributed by atoms with E-state index in [9.17, 15) is 36.7 Å². The third kappa shape index (κ3) is 9.35. The highest BCUT2D eigenvalue weighted by Crippen LogP contribution is 2.64. The van der Waals surface area contributed by atoms with Crippen molar-refractivity contribution in [2.24, 2.45) is 0 Å². The van der Waals surface area contributed by atoms with Crippen LogP contribution in [0.5, 0.6) is 0 Å². The Morgan fingerprint density at radius 2 is 0.731 bits per heavy atom. The minimum absolute atomic E-state index is 0.0475. The molecule has 19 heteroatoms. The molecule has 0 amide bonds. The summed E-state index contributed by atoms with van der Waals surface area (Å²) in [7, 11) is 0. The van der Waals surface area contributed by atoms with E-state index < -0.39 is 99.9 Å². The van der Waals surface area contributed by atoms with Crippen LogP contribution in [-0.2, 0) is 75.4 Å². The van der Waals surface area contributed by atoms with Crippen LogP contribution in [0.2, 0.25) is 0 Å². The SMILES string of the molecule is O=C1C(=CC2=Cc3sc4c5c(sc4c3C2(C(=O)OCc2ccccc2)C(=O)OCc2ccccc2)-c2sc(C=C3C(=O)c4cc6cc(F)c(F)cc6cc4C3=O)cc2C5(C(=O)OCc2ccccc2)C(=O)OCc2ccccc2)C(=O)c2cc3cc(F)c(F)cc3cc21. The maximum absolute atomic E-state index is 16.0. The highest BCUT2D eigenvalue weighted by molar-refractivity contribution is 7.32. The maximum Gasteiger partial charge on any atom is 0.333 e. The third-order valence-corrected chi connectivity index (χ3v) is 20.8. The number of hydrogen-bond donors (Lipinski definition) is 0. The summed E-state index contributed by atoms with van der Waals surface area (Å²) in [5.74, 6) is -12.5. The Morgan fingerprint density at radius 3 is 1.11 bits per heavy atom. The monoisotopic (exact) mass is 1290 g/mol. The van der Waals surface area contributed by atoms with Gasteiger partial charge in [-0.25, -0.2) is 17.6 Å². The maximum atomic E-state index is 16.0. The predicted molar refractivity (Wildman–Crippen MR) is 340 cm³/mol. The van der Waals surface area contributed by atoms with E-state index >= 15 is 19.2 Å². The van der Waals surface area contributed by atoms with Gasteiger partial charge in [0.2, 0.25) is 10.8 Å². The molecular weight excluding hydrogens is 1250 g/mol. The quantitative estimate of drug-likeness (QED) is 0.0252. The summed E-state index contributed by atoms with van der Waals surface area (Å²) in [4.78, 5) is 123. The first-order chi connectivity index (χ1) is 45.0. The molecule has 8 aromatic carbocycles. The second-order valence-corrected chi connectivity index (χ2v) is 25.7. The van der Waals surface area contributed by atoms with Crippen molar-refractivity contribution in [3.8, 4) is 9.75 Å². The highest BCUT2D eigenvalue weighted by atomic mass is 32.1. The van der Waals surface area contributed by atoms with Gasteiger partial charge in [-0.1, -0.05) is 121 Å². The van der Waals surface area contributed by atoms with Gasteiger partial charge in [-0.3, -0.25) is 38.4 Å². The first-order valence-electron chi connectivity index (χ1n) is 28.8. The minimum atomic E-state index is -2.71. The topological polar surface area (TPSA) is 173 Å². The number of Topliss-reactive ketones (excluding diaryl/α,β-unsaturated/α-hetero) is 4. The lowest BCUT2D eigenvalue weighted by molar-refractivity contribution is -0.166. The number of rotatable bonds is 14. The van der Waals surface area contributed by atoms with Crippen molar-refractivity contribution >= 4 is 124 Å². The Balaban J connectivity index is 0.952. The Labute approximate surface area is 535 Å². The summed E-state index contributed by atoms with van der Waals surface area (Å²) in [5, 5.41) is 0.578. The van der Waals surface area contributed by atoms with Crippen LogP contribution < -0.4 is 0 Å². The molecule has 0 saturated carbocycles. The summed E-state index contributed by atoms with van der Waals surface area (Å²) in [6.07, 6.45) is 3.87. The summed E-state index contributed by atoms with van der Waals surface area (Å²) >= 11 is 2.96. The van der Waals surface area contributed by atoms with Crippen molar-refractivity contribution in [3.05, 3.63) is 293 Å². The molecule has 0 bridgehead atoms. The van der Waals surface area contributed by atoms with Gasteiger partial charge < -0.3 is 18.9 Å². The zero-order chi connectivity index (χ0) is 64.2. The van der Waals surface area contributed by atoms with Gasteiger partial charge in [-0.15, -0.1) is 34.0 Å². The molecule has 4 aliphatic carbocycles. The van der Waals surface area contributed by atoms with Crippen LogP contribution in [0.25, 0.3) is 52.9 Å². The zero-order valence-corrected chi connectivity index (χ0v) is 50.4. The third-order valence-electron chi connectivity index (χ3n) is 17.0. The first kappa shape index (κ1) is 58.5. The number of ketones is 4. The molecule has 93 heavy (non-hydrogen) atoms. The summed E-state index contributed by atoms with van der Waals surface area (Å²) in [6, 6.07) is 44.7. The number of thiophene rings is 3. The highest BCUT2D eigenvalue weighted by Gasteiger charge is 2.64. The number of ether oxygens (including phenoxy) is 4. The second kappa shape index (κ2) is 22.5. The Kier molecular flexibility index (Phi) is 14.2. The molecule has 0 spiro atoms. The zero-order valence-electron chi connectivity index (χ0n) is 47.9. The lowest BCUT2D eigenvalue weighted by Crippen LogP contribution is -2.46. The number of carbonyl (C=O) groups is 8. The molecule has 3 heterocycles. The number of fused-ring (bicyclic) bond motifs is 11. The number of halogens is 4. The van der Waals surface area contributed by atoms with Crippen LogP contribution in [0.3, 0.4) is 0 Å². The van der Waals surface area contributed by atoms with Crippen LogP contribution in [0.4, 0.5) is 17.6 Å². The normalized spacial score (nSPS) is 14.6. The van der Waals surface area contributed by atoms with Crippen LogP contribution in [0, 0.1) is 23.3 Å². The fourth-order valence-corrected chi connectivity index (χ4v) is 16.9. The number of allylic oxidation sites excluding steroid dienone is 3. The lowest BCUT2D eigenvalue weighted by Gasteiger charge is -2.28.